The number of aliphatic hydroxyl groups is 1. The molecule has 2 unspecified atom stereocenters. The molecule has 2 saturated heterocycles. The minimum Gasteiger partial charge on any atom is -0.508 e. The number of carbonyl (C=O) groups is 3. The minimum atomic E-state index is -0.957. The maximum atomic E-state index is 14.1. The number of aromatic nitrogens is 1. The van der Waals surface area contributed by atoms with Crippen molar-refractivity contribution in [2.75, 3.05) is 72.2 Å². The molecule has 5 atom stereocenters. The molecule has 4 heterocycles. The maximum Gasteiger partial charge on any atom is 0.247 e. The van der Waals surface area contributed by atoms with Gasteiger partial charge in [-0.25, -0.2) is 4.98 Å². The van der Waals surface area contributed by atoms with E-state index in [1.165, 1.54) is 21.6 Å². The van der Waals surface area contributed by atoms with Crippen LogP contribution in [0.5, 0.6) is 11.5 Å². The molecule has 8 rings (SSSR count). The number of rotatable bonds is 17. The first kappa shape index (κ1) is 49.7. The number of benzene rings is 3. The van der Waals surface area contributed by atoms with Crippen LogP contribution in [0, 0.1) is 12.3 Å². The summed E-state index contributed by atoms with van der Waals surface area (Å²) < 4.78 is 12.0. The van der Waals surface area contributed by atoms with Crippen molar-refractivity contribution in [3.05, 3.63) is 131 Å². The third-order valence-electron chi connectivity index (χ3n) is 13.7. The molecule has 1 aliphatic carbocycles. The second-order valence-corrected chi connectivity index (χ2v) is 20.5. The van der Waals surface area contributed by atoms with Crippen molar-refractivity contribution < 1.29 is 34.1 Å². The molecule has 69 heavy (non-hydrogen) atoms. The van der Waals surface area contributed by atoms with Gasteiger partial charge < -0.3 is 35.2 Å². The largest absolute Gasteiger partial charge is 0.508 e. The van der Waals surface area contributed by atoms with Gasteiger partial charge in [0, 0.05) is 70.5 Å². The minimum absolute atomic E-state index is 0.0273. The third-order valence-corrected chi connectivity index (χ3v) is 14.7. The number of carbonyl (C=O) groups excluding carboxylic acids is 3. The molecule has 1 aromatic heterocycles. The second kappa shape index (κ2) is 22.4. The Kier molecular flexibility index (Phi) is 16.1. The summed E-state index contributed by atoms with van der Waals surface area (Å²) in [5.41, 5.74) is 7.84. The molecule has 4 N–H and O–H groups in total. The molecule has 0 saturated carbocycles. The highest BCUT2D eigenvalue weighted by Gasteiger charge is 2.45. The molecular formula is C54H67N7O7S. The molecular weight excluding hydrogens is 891 g/mol. The molecule has 4 aromatic rings. The van der Waals surface area contributed by atoms with E-state index in [1.807, 2.05) is 58.0 Å². The molecule has 0 spiro atoms. The van der Waals surface area contributed by atoms with Gasteiger partial charge in [0.25, 0.3) is 0 Å². The number of thiazole rings is 1. The van der Waals surface area contributed by atoms with E-state index in [4.69, 9.17) is 9.47 Å². The van der Waals surface area contributed by atoms with Crippen molar-refractivity contribution in [1.82, 2.24) is 35.2 Å². The first-order valence-corrected chi connectivity index (χ1v) is 25.0. The lowest BCUT2D eigenvalue weighted by atomic mass is 9.85. The van der Waals surface area contributed by atoms with Gasteiger partial charge in [-0.1, -0.05) is 94.1 Å². The highest BCUT2D eigenvalue weighted by Crippen LogP contribution is 2.39. The number of phenolic OH excluding ortho intramolecular Hbond substituents is 1. The van der Waals surface area contributed by atoms with Gasteiger partial charge in [0.1, 0.15) is 36.8 Å². The van der Waals surface area contributed by atoms with Gasteiger partial charge >= 0.3 is 0 Å². The summed E-state index contributed by atoms with van der Waals surface area (Å²) in [7, 11) is 0. The molecule has 15 heteroatoms. The molecule has 14 nitrogen and oxygen atoms in total. The standard InChI is InChI=1S/C54H67N7O7S/c1-36(38-11-13-40(14-12-38)50-37(2)55-35-69-50)56-52(65)47-32-44(63)33-61(47)53(66)51(54(3,4)5)57-48(64)34-67-29-27-58-23-25-59(26-24-58)28-30-68-45-18-15-39(16-19-45)49-46-20-17-43(62)31-41(46)21-22-60(49)42-9-7-6-8-10-42/h6-9,11-20,31,35,42,44,47,49,51,62-63H,1,10,21-30,32-34H2,2-5H3,(H,56,65)(H,57,64)/t42?,44-,47+,49?,51-/m1/s1. The van der Waals surface area contributed by atoms with Gasteiger partial charge in [0.15, 0.2) is 0 Å². The van der Waals surface area contributed by atoms with Crippen LogP contribution in [-0.4, -0.2) is 149 Å². The fraction of sp³-hybridized carbons (Fsp3) is 0.444. The van der Waals surface area contributed by atoms with E-state index in [1.54, 1.807) is 22.9 Å². The number of aryl methyl sites for hydroxylation is 1. The first-order chi connectivity index (χ1) is 33.2. The van der Waals surface area contributed by atoms with Crippen LogP contribution in [0.25, 0.3) is 16.1 Å². The molecule has 0 radical (unpaired) electrons. The number of aliphatic hydroxyl groups excluding tert-OH is 1. The molecule has 2 fully saturated rings. The molecule has 3 aliphatic heterocycles. The van der Waals surface area contributed by atoms with E-state index in [2.05, 4.69) is 91.5 Å². The average molecular weight is 958 g/mol. The number of hydrogen-bond acceptors (Lipinski definition) is 12. The molecule has 0 bridgehead atoms. The number of nitrogens with zero attached hydrogens (tertiary/aromatic N) is 5. The van der Waals surface area contributed by atoms with Crippen LogP contribution in [0.2, 0.25) is 0 Å². The zero-order valence-electron chi connectivity index (χ0n) is 40.3. The lowest BCUT2D eigenvalue weighted by molar-refractivity contribution is -0.144. The van der Waals surface area contributed by atoms with Crippen LogP contribution < -0.4 is 15.4 Å². The monoisotopic (exact) mass is 957 g/mol. The average Bonchev–Trinajstić information content (AvgIpc) is 3.97. The SMILES string of the molecule is C=C(NC(=O)[C@@H]1C[C@@H](O)CN1C(=O)[C@@H](NC(=O)COCCN1CCN(CCOc2ccc(C3c4ccc(O)cc4CCN3C3C=CC=CC3)cc2)CC1)C(C)(C)C)c1ccc(-c2scnc2C)cc1. The van der Waals surface area contributed by atoms with E-state index in [9.17, 15) is 24.6 Å². The molecule has 3 aromatic carbocycles. The zero-order chi connectivity index (χ0) is 48.7. The van der Waals surface area contributed by atoms with E-state index >= 15 is 0 Å². The normalized spacial score (nSPS) is 21.4. The van der Waals surface area contributed by atoms with Crippen molar-refractivity contribution in [2.45, 2.75) is 77.2 Å². The second-order valence-electron chi connectivity index (χ2n) is 19.6. The fourth-order valence-electron chi connectivity index (χ4n) is 9.84. The van der Waals surface area contributed by atoms with E-state index in [0.29, 0.717) is 37.2 Å². The number of phenols is 1. The maximum absolute atomic E-state index is 14.1. The highest BCUT2D eigenvalue weighted by atomic mass is 32.1. The lowest BCUT2D eigenvalue weighted by Crippen LogP contribution is -2.58. The Hall–Kier alpha value is -5.68. The highest BCUT2D eigenvalue weighted by molar-refractivity contribution is 7.13. The predicted octanol–water partition coefficient (Wildman–Crippen LogP) is 5.95. The van der Waals surface area contributed by atoms with Gasteiger partial charge in [-0.2, -0.15) is 0 Å². The van der Waals surface area contributed by atoms with Crippen LogP contribution in [0.4, 0.5) is 0 Å². The summed E-state index contributed by atoms with van der Waals surface area (Å²) in [6.45, 7) is 18.2. The van der Waals surface area contributed by atoms with Crippen LogP contribution in [0.15, 0.2) is 103 Å². The third kappa shape index (κ3) is 12.4. The summed E-state index contributed by atoms with van der Waals surface area (Å²) >= 11 is 1.56. The Morgan fingerprint density at radius 1 is 0.942 bits per heavy atom. The zero-order valence-corrected chi connectivity index (χ0v) is 41.1. The summed E-state index contributed by atoms with van der Waals surface area (Å²) in [6, 6.07) is 20.5. The summed E-state index contributed by atoms with van der Waals surface area (Å²) in [5, 5.41) is 26.6. The van der Waals surface area contributed by atoms with Crippen LogP contribution in [0.1, 0.15) is 67.6 Å². The van der Waals surface area contributed by atoms with Crippen molar-refractivity contribution in [3.8, 4) is 21.9 Å². The lowest BCUT2D eigenvalue weighted by Gasteiger charge is -2.42. The van der Waals surface area contributed by atoms with E-state index < -0.39 is 41.3 Å². The fourth-order valence-corrected chi connectivity index (χ4v) is 10.6. The van der Waals surface area contributed by atoms with Gasteiger partial charge in [0.05, 0.1) is 34.8 Å². The van der Waals surface area contributed by atoms with Crippen LogP contribution >= 0.6 is 11.3 Å². The van der Waals surface area contributed by atoms with Crippen molar-refractivity contribution in [2.24, 2.45) is 5.41 Å². The quantitative estimate of drug-likeness (QED) is 0.0928. The number of fused-ring (bicyclic) bond motifs is 1. The summed E-state index contributed by atoms with van der Waals surface area (Å²) in [6.07, 6.45) is 9.84. The van der Waals surface area contributed by atoms with Crippen LogP contribution in [-0.2, 0) is 25.5 Å². The number of hydrogen-bond donors (Lipinski definition) is 4. The molecule has 3 amide bonds. The van der Waals surface area contributed by atoms with Crippen molar-refractivity contribution in [1.29, 1.82) is 0 Å². The summed E-state index contributed by atoms with van der Waals surface area (Å²) in [5.74, 6) is -0.161. The molecule has 4 aliphatic rings. The van der Waals surface area contributed by atoms with Gasteiger partial charge in [0.2, 0.25) is 17.7 Å². The Morgan fingerprint density at radius 3 is 2.33 bits per heavy atom. The Balaban J connectivity index is 0.746. The number of allylic oxidation sites excluding steroid dienone is 2. The number of β-amino-alcohol motifs (C(OH)–C–C–N with tert-alkyl or cyclic N) is 1. The van der Waals surface area contributed by atoms with Gasteiger partial charge in [-0.05, 0) is 77.3 Å². The molecule has 366 valence electrons. The smallest absolute Gasteiger partial charge is 0.247 e. The number of likely N-dealkylation sites (tertiary alicyclic amines) is 1. The predicted molar refractivity (Wildman–Crippen MR) is 270 cm³/mol. The topological polar surface area (TPSA) is 160 Å². The summed E-state index contributed by atoms with van der Waals surface area (Å²) in [4.78, 5) is 55.0. The Bertz CT molecular complexity index is 2490. The van der Waals surface area contributed by atoms with Crippen LogP contribution in [0.3, 0.4) is 0 Å². The number of ether oxygens (including phenoxy) is 2. The van der Waals surface area contributed by atoms with Crippen molar-refractivity contribution >= 4 is 34.8 Å². The van der Waals surface area contributed by atoms with Gasteiger partial charge in [-0.15, -0.1) is 11.3 Å². The number of aromatic hydroxyl groups is 1. The Morgan fingerprint density at radius 2 is 1.67 bits per heavy atom. The van der Waals surface area contributed by atoms with Crippen molar-refractivity contribution in [3.63, 3.8) is 0 Å². The number of amides is 3. The van der Waals surface area contributed by atoms with E-state index in [-0.39, 0.29) is 25.6 Å². The van der Waals surface area contributed by atoms with E-state index in [0.717, 1.165) is 79.6 Å². The number of piperazine rings is 1. The first-order valence-electron chi connectivity index (χ1n) is 24.2. The Labute approximate surface area is 410 Å². The van der Waals surface area contributed by atoms with Gasteiger partial charge in [-0.3, -0.25) is 29.1 Å². The number of nitrogens with one attached hydrogen (secondary N) is 2.